The van der Waals surface area contributed by atoms with E-state index < -0.39 is 9.05 Å². The zero-order valence-corrected chi connectivity index (χ0v) is 12.0. The quantitative estimate of drug-likeness (QED) is 0.796. The van der Waals surface area contributed by atoms with Gasteiger partial charge in [0.2, 0.25) is 0 Å². The average molecular weight is 349 g/mol. The van der Waals surface area contributed by atoms with Gasteiger partial charge in [-0.15, -0.1) is 0 Å². The number of hydrogen-bond donors (Lipinski definition) is 0. The highest BCUT2D eigenvalue weighted by atomic mass is 79.9. The molecule has 0 saturated carbocycles. The number of rotatable bonds is 3. The molecule has 0 fully saturated rings. The molecule has 0 atom stereocenters. The van der Waals surface area contributed by atoms with E-state index in [1.54, 1.807) is 18.5 Å². The van der Waals surface area contributed by atoms with Gasteiger partial charge in [-0.2, -0.15) is 0 Å². The summed E-state index contributed by atoms with van der Waals surface area (Å²) in [6.07, 6.45) is 3.19. The fourth-order valence-electron chi connectivity index (χ4n) is 1.25. The molecule has 0 radical (unpaired) electrons. The van der Waals surface area contributed by atoms with Gasteiger partial charge < -0.3 is 4.74 Å². The zero-order valence-electron chi connectivity index (χ0n) is 8.88. The third-order valence-electron chi connectivity index (χ3n) is 2.02. The van der Waals surface area contributed by atoms with Gasteiger partial charge in [0.05, 0.1) is 11.1 Å². The van der Waals surface area contributed by atoms with Crippen molar-refractivity contribution in [2.45, 2.75) is 4.90 Å². The van der Waals surface area contributed by atoms with Crippen LogP contribution in [0, 0.1) is 0 Å². The number of pyridine rings is 1. The Labute approximate surface area is 117 Å². The van der Waals surface area contributed by atoms with Crippen LogP contribution in [0.2, 0.25) is 0 Å². The summed E-state index contributed by atoms with van der Waals surface area (Å²) in [4.78, 5) is 3.98. The Hall–Kier alpha value is -1.11. The Kier molecular flexibility index (Phi) is 3.89. The molecule has 0 unspecified atom stereocenters. The summed E-state index contributed by atoms with van der Waals surface area (Å²) in [7, 11) is 1.50. The molecule has 0 spiro atoms. The van der Waals surface area contributed by atoms with Crippen LogP contribution in [-0.4, -0.2) is 13.4 Å². The van der Waals surface area contributed by atoms with Crippen LogP contribution in [0.4, 0.5) is 0 Å². The fraction of sp³-hybridized carbons (Fsp3) is 0. The first kappa shape index (κ1) is 13.3. The smallest absolute Gasteiger partial charge is 0.261 e. The van der Waals surface area contributed by atoms with Crippen molar-refractivity contribution < 1.29 is 13.2 Å². The SMILES string of the molecule is O=S(=O)(Cl)c1ccc(Oc2cncc(Br)c2)cc1. The molecule has 1 heterocycles. The molecule has 0 amide bonds. The second-order valence-corrected chi connectivity index (χ2v) is 6.83. The predicted octanol–water partition coefficient (Wildman–Crippen LogP) is 3.56. The molecule has 0 aliphatic carbocycles. The minimum atomic E-state index is -3.70. The van der Waals surface area contributed by atoms with Gasteiger partial charge >= 0.3 is 0 Å². The highest BCUT2D eigenvalue weighted by Gasteiger charge is 2.09. The molecule has 94 valence electrons. The number of nitrogens with zero attached hydrogens (tertiary/aromatic N) is 1. The third-order valence-corrected chi connectivity index (χ3v) is 3.82. The topological polar surface area (TPSA) is 56.3 Å². The molecule has 0 aliphatic rings. The highest BCUT2D eigenvalue weighted by Crippen LogP contribution is 2.25. The van der Waals surface area contributed by atoms with Crippen LogP contribution in [0.25, 0.3) is 0 Å². The standard InChI is InChI=1S/C11H7BrClNO3S/c12-8-5-10(7-14-6-8)17-9-1-3-11(4-2-9)18(13,15)16/h1-7H. The Bertz CT molecular complexity index is 658. The van der Waals surface area contributed by atoms with Crippen molar-refractivity contribution in [3.05, 3.63) is 47.2 Å². The molecular formula is C11H7BrClNO3S. The maximum atomic E-state index is 11.1. The van der Waals surface area contributed by atoms with Crippen LogP contribution in [0.5, 0.6) is 11.5 Å². The van der Waals surface area contributed by atoms with Crippen LogP contribution in [-0.2, 0) is 9.05 Å². The number of halogens is 2. The first-order chi connectivity index (χ1) is 8.45. The van der Waals surface area contributed by atoms with Crippen molar-refractivity contribution in [3.8, 4) is 11.5 Å². The zero-order chi connectivity index (χ0) is 13.2. The molecule has 2 aromatic rings. The van der Waals surface area contributed by atoms with Gasteiger partial charge in [0, 0.05) is 21.4 Å². The minimum Gasteiger partial charge on any atom is -0.456 e. The first-order valence-corrected chi connectivity index (χ1v) is 7.88. The average Bonchev–Trinajstić information content (AvgIpc) is 2.28. The normalized spacial score (nSPS) is 11.2. The molecule has 18 heavy (non-hydrogen) atoms. The molecule has 0 bridgehead atoms. The van der Waals surface area contributed by atoms with Crippen molar-refractivity contribution in [2.24, 2.45) is 0 Å². The van der Waals surface area contributed by atoms with E-state index in [0.717, 1.165) is 4.47 Å². The van der Waals surface area contributed by atoms with E-state index in [2.05, 4.69) is 20.9 Å². The molecular weight excluding hydrogens is 342 g/mol. The first-order valence-electron chi connectivity index (χ1n) is 4.78. The second-order valence-electron chi connectivity index (χ2n) is 3.35. The van der Waals surface area contributed by atoms with E-state index in [1.165, 1.54) is 24.3 Å². The summed E-state index contributed by atoms with van der Waals surface area (Å²) in [5.41, 5.74) is 0. The molecule has 0 saturated heterocycles. The highest BCUT2D eigenvalue weighted by molar-refractivity contribution is 9.10. The van der Waals surface area contributed by atoms with Crippen LogP contribution < -0.4 is 4.74 Å². The summed E-state index contributed by atoms with van der Waals surface area (Å²) in [6.45, 7) is 0. The van der Waals surface area contributed by atoms with Crippen LogP contribution in [0.1, 0.15) is 0 Å². The molecule has 1 aromatic heterocycles. The Morgan fingerprint density at radius 1 is 1.11 bits per heavy atom. The van der Waals surface area contributed by atoms with Gasteiger partial charge in [-0.1, -0.05) is 0 Å². The van der Waals surface area contributed by atoms with Gasteiger partial charge in [-0.05, 0) is 46.3 Å². The summed E-state index contributed by atoms with van der Waals surface area (Å²) in [6, 6.07) is 7.55. The van der Waals surface area contributed by atoms with Gasteiger partial charge in [0.25, 0.3) is 9.05 Å². The summed E-state index contributed by atoms with van der Waals surface area (Å²) in [5, 5.41) is 0. The number of benzene rings is 1. The van der Waals surface area contributed by atoms with Crippen LogP contribution >= 0.6 is 26.6 Å². The molecule has 4 nitrogen and oxygen atoms in total. The lowest BCUT2D eigenvalue weighted by Crippen LogP contribution is -1.90. The monoisotopic (exact) mass is 347 g/mol. The summed E-state index contributed by atoms with van der Waals surface area (Å²) >= 11 is 3.27. The lowest BCUT2D eigenvalue weighted by atomic mass is 10.3. The Morgan fingerprint density at radius 3 is 2.33 bits per heavy atom. The van der Waals surface area contributed by atoms with Crippen molar-refractivity contribution in [3.63, 3.8) is 0 Å². The fourth-order valence-corrected chi connectivity index (χ4v) is 2.37. The largest absolute Gasteiger partial charge is 0.456 e. The lowest BCUT2D eigenvalue weighted by Gasteiger charge is -2.05. The van der Waals surface area contributed by atoms with E-state index in [0.29, 0.717) is 11.5 Å². The van der Waals surface area contributed by atoms with Gasteiger partial charge in [0.15, 0.2) is 0 Å². The van der Waals surface area contributed by atoms with Crippen molar-refractivity contribution in [1.82, 2.24) is 4.98 Å². The van der Waals surface area contributed by atoms with E-state index in [1.807, 2.05) is 0 Å². The lowest BCUT2D eigenvalue weighted by molar-refractivity contribution is 0.479. The number of aromatic nitrogens is 1. The Morgan fingerprint density at radius 2 is 1.78 bits per heavy atom. The van der Waals surface area contributed by atoms with E-state index >= 15 is 0 Å². The predicted molar refractivity (Wildman–Crippen MR) is 71.5 cm³/mol. The van der Waals surface area contributed by atoms with Crippen LogP contribution in [0.3, 0.4) is 0 Å². The summed E-state index contributed by atoms with van der Waals surface area (Å²) < 4.78 is 28.4. The van der Waals surface area contributed by atoms with Gasteiger partial charge in [-0.25, -0.2) is 8.42 Å². The minimum absolute atomic E-state index is 0.0314. The number of ether oxygens (including phenoxy) is 1. The maximum absolute atomic E-state index is 11.1. The molecule has 0 N–H and O–H groups in total. The van der Waals surface area contributed by atoms with Gasteiger partial charge in [-0.3, -0.25) is 4.98 Å². The maximum Gasteiger partial charge on any atom is 0.261 e. The molecule has 7 heteroatoms. The van der Waals surface area contributed by atoms with Crippen molar-refractivity contribution >= 4 is 35.7 Å². The van der Waals surface area contributed by atoms with Crippen LogP contribution in [0.15, 0.2) is 52.1 Å². The van der Waals surface area contributed by atoms with Crippen molar-refractivity contribution in [2.75, 3.05) is 0 Å². The van der Waals surface area contributed by atoms with E-state index in [-0.39, 0.29) is 4.90 Å². The second kappa shape index (κ2) is 5.26. The van der Waals surface area contributed by atoms with Gasteiger partial charge in [0.1, 0.15) is 11.5 Å². The Balaban J connectivity index is 2.21. The summed E-state index contributed by atoms with van der Waals surface area (Å²) in [5.74, 6) is 1.05. The number of hydrogen-bond acceptors (Lipinski definition) is 4. The molecule has 0 aliphatic heterocycles. The third kappa shape index (κ3) is 3.44. The van der Waals surface area contributed by atoms with E-state index in [9.17, 15) is 8.42 Å². The van der Waals surface area contributed by atoms with E-state index in [4.69, 9.17) is 15.4 Å². The van der Waals surface area contributed by atoms with Crippen molar-refractivity contribution in [1.29, 1.82) is 0 Å². The molecule has 2 rings (SSSR count). The molecule has 1 aromatic carbocycles.